The van der Waals surface area contributed by atoms with Gasteiger partial charge in [0.25, 0.3) is 6.47 Å². The van der Waals surface area contributed by atoms with Crippen molar-refractivity contribution >= 4 is 12.4 Å². The lowest BCUT2D eigenvalue weighted by Crippen LogP contribution is -2.24. The highest BCUT2D eigenvalue weighted by molar-refractivity contribution is 5.91. The van der Waals surface area contributed by atoms with Gasteiger partial charge in [0.15, 0.2) is 0 Å². The third kappa shape index (κ3) is 6.25. The van der Waals surface area contributed by atoms with E-state index in [9.17, 15) is 15.0 Å². The number of nitrogens with zero attached hydrogens (tertiary/aromatic N) is 1. The second kappa shape index (κ2) is 9.81. The van der Waals surface area contributed by atoms with Crippen molar-refractivity contribution in [2.24, 2.45) is 0 Å². The van der Waals surface area contributed by atoms with Gasteiger partial charge in [0, 0.05) is 13.1 Å². The molecular weight excluding hydrogens is 302 g/mol. The molecule has 0 amide bonds. The third-order valence-corrected chi connectivity index (χ3v) is 3.69. The van der Waals surface area contributed by atoms with Crippen LogP contribution in [-0.2, 0) is 11.3 Å². The number of aliphatic hydroxyl groups excluding tert-OH is 1. The number of carbonyl (C=O) groups is 2. The second-order valence-corrected chi connectivity index (χ2v) is 5.31. The van der Waals surface area contributed by atoms with E-state index in [-0.39, 0.29) is 18.1 Å². The average Bonchev–Trinajstić information content (AvgIpc) is 2.72. The lowest BCUT2D eigenvalue weighted by molar-refractivity contribution is -0.122. The molecule has 1 unspecified atom stereocenters. The van der Waals surface area contributed by atoms with Gasteiger partial charge in [0.2, 0.25) is 0 Å². The van der Waals surface area contributed by atoms with Crippen LogP contribution in [0.4, 0.5) is 0 Å². The van der Waals surface area contributed by atoms with Crippen molar-refractivity contribution in [3.8, 4) is 5.75 Å². The molecule has 1 heterocycles. The minimum Gasteiger partial charge on any atom is -0.496 e. The first-order chi connectivity index (χ1) is 11.0. The van der Waals surface area contributed by atoms with Crippen molar-refractivity contribution in [2.75, 3.05) is 20.2 Å². The number of aliphatic hydroxyl groups is 1. The second-order valence-electron chi connectivity index (χ2n) is 5.31. The van der Waals surface area contributed by atoms with Crippen molar-refractivity contribution < 1.29 is 29.6 Å². The molecule has 1 atom stereocenters. The van der Waals surface area contributed by atoms with Crippen LogP contribution >= 0.6 is 0 Å². The number of carboxylic acid groups (broad SMARTS) is 2. The van der Waals surface area contributed by atoms with Crippen LogP contribution in [0.2, 0.25) is 0 Å². The Morgan fingerprint density at radius 1 is 1.39 bits per heavy atom. The van der Waals surface area contributed by atoms with Gasteiger partial charge in [-0.1, -0.05) is 6.07 Å². The van der Waals surface area contributed by atoms with Gasteiger partial charge in [0.05, 0.1) is 13.2 Å². The first-order valence-electron chi connectivity index (χ1n) is 7.40. The van der Waals surface area contributed by atoms with Gasteiger partial charge < -0.3 is 20.1 Å². The van der Waals surface area contributed by atoms with Crippen LogP contribution in [0.1, 0.15) is 35.2 Å². The monoisotopic (exact) mass is 325 g/mol. The SMILES string of the molecule is COc1ccc(CN2CCCC(O)CC2)cc1C(=O)O.O=CO. The van der Waals surface area contributed by atoms with Crippen molar-refractivity contribution in [3.05, 3.63) is 29.3 Å². The van der Waals surface area contributed by atoms with E-state index in [1.807, 2.05) is 6.07 Å². The number of hydrogen-bond acceptors (Lipinski definition) is 5. The van der Waals surface area contributed by atoms with Crippen LogP contribution in [-0.4, -0.2) is 59.0 Å². The van der Waals surface area contributed by atoms with E-state index < -0.39 is 5.97 Å². The van der Waals surface area contributed by atoms with Crippen molar-refractivity contribution in [1.29, 1.82) is 0 Å². The van der Waals surface area contributed by atoms with Crippen LogP contribution in [0.15, 0.2) is 18.2 Å². The highest BCUT2D eigenvalue weighted by atomic mass is 16.5. The Balaban J connectivity index is 0.000000816. The summed E-state index contributed by atoms with van der Waals surface area (Å²) in [4.78, 5) is 21.8. The molecule has 7 heteroatoms. The number of hydrogen-bond donors (Lipinski definition) is 3. The highest BCUT2D eigenvalue weighted by Crippen LogP contribution is 2.21. The van der Waals surface area contributed by atoms with Crippen LogP contribution in [0, 0.1) is 0 Å². The van der Waals surface area contributed by atoms with Crippen LogP contribution in [0.25, 0.3) is 0 Å². The van der Waals surface area contributed by atoms with E-state index in [0.717, 1.165) is 37.9 Å². The Labute approximate surface area is 135 Å². The fraction of sp³-hybridized carbons (Fsp3) is 0.500. The van der Waals surface area contributed by atoms with Crippen LogP contribution in [0.5, 0.6) is 5.75 Å². The Morgan fingerprint density at radius 2 is 2.09 bits per heavy atom. The zero-order valence-corrected chi connectivity index (χ0v) is 13.1. The Morgan fingerprint density at radius 3 is 2.70 bits per heavy atom. The van der Waals surface area contributed by atoms with Crippen molar-refractivity contribution in [2.45, 2.75) is 31.9 Å². The lowest BCUT2D eigenvalue weighted by atomic mass is 10.1. The first-order valence-corrected chi connectivity index (χ1v) is 7.40. The summed E-state index contributed by atoms with van der Waals surface area (Å²) >= 11 is 0. The number of benzene rings is 1. The van der Waals surface area contributed by atoms with E-state index in [0.29, 0.717) is 12.3 Å². The molecule has 1 aliphatic rings. The minimum absolute atomic E-state index is 0.194. The van der Waals surface area contributed by atoms with Crippen molar-refractivity contribution in [3.63, 3.8) is 0 Å². The molecule has 128 valence electrons. The number of likely N-dealkylation sites (tertiary alicyclic amines) is 1. The predicted molar refractivity (Wildman–Crippen MR) is 83.8 cm³/mol. The zero-order valence-electron chi connectivity index (χ0n) is 13.1. The fourth-order valence-corrected chi connectivity index (χ4v) is 2.58. The number of methoxy groups -OCH3 is 1. The molecule has 0 spiro atoms. The van der Waals surface area contributed by atoms with Gasteiger partial charge in [-0.3, -0.25) is 9.69 Å². The maximum Gasteiger partial charge on any atom is 0.339 e. The highest BCUT2D eigenvalue weighted by Gasteiger charge is 2.17. The molecule has 7 nitrogen and oxygen atoms in total. The molecule has 1 fully saturated rings. The van der Waals surface area contributed by atoms with Gasteiger partial charge in [-0.2, -0.15) is 0 Å². The number of rotatable bonds is 4. The largest absolute Gasteiger partial charge is 0.496 e. The van der Waals surface area contributed by atoms with Gasteiger partial charge in [-0.15, -0.1) is 0 Å². The summed E-state index contributed by atoms with van der Waals surface area (Å²) in [6.45, 7) is 2.23. The molecule has 2 rings (SSSR count). The zero-order chi connectivity index (χ0) is 17.2. The van der Waals surface area contributed by atoms with Crippen LogP contribution < -0.4 is 4.74 Å². The molecule has 0 aromatic heterocycles. The molecule has 0 aliphatic carbocycles. The van der Waals surface area contributed by atoms with E-state index in [1.165, 1.54) is 7.11 Å². The Kier molecular flexibility index (Phi) is 8.07. The number of ether oxygens (including phenoxy) is 1. The standard InChI is InChI=1S/C15H21NO4.CH2O2/c1-20-14-5-4-11(9-13(14)15(18)19)10-16-7-2-3-12(17)6-8-16;2-1-3/h4-5,9,12,17H,2-3,6-8,10H2,1H3,(H,18,19);1H,(H,2,3). The molecule has 3 N–H and O–H groups in total. The summed E-state index contributed by atoms with van der Waals surface area (Å²) in [6.07, 6.45) is 2.40. The molecule has 0 saturated carbocycles. The molecule has 1 aliphatic heterocycles. The summed E-state index contributed by atoms with van der Waals surface area (Å²) < 4.78 is 5.06. The van der Waals surface area contributed by atoms with Crippen LogP contribution in [0.3, 0.4) is 0 Å². The van der Waals surface area contributed by atoms with Gasteiger partial charge >= 0.3 is 5.97 Å². The molecular formula is C16H23NO6. The average molecular weight is 325 g/mol. The summed E-state index contributed by atoms with van der Waals surface area (Å²) in [6, 6.07) is 5.26. The van der Waals surface area contributed by atoms with Gasteiger partial charge in [-0.25, -0.2) is 4.79 Å². The summed E-state index contributed by atoms with van der Waals surface area (Å²) in [5.74, 6) is -0.595. The quantitative estimate of drug-likeness (QED) is 0.719. The van der Waals surface area contributed by atoms with Gasteiger partial charge in [0.1, 0.15) is 11.3 Å². The molecule has 1 aromatic carbocycles. The third-order valence-electron chi connectivity index (χ3n) is 3.69. The summed E-state index contributed by atoms with van der Waals surface area (Å²) in [5, 5.41) is 25.7. The summed E-state index contributed by atoms with van der Waals surface area (Å²) in [5.41, 5.74) is 1.15. The molecule has 1 aromatic rings. The molecule has 0 bridgehead atoms. The molecule has 1 saturated heterocycles. The maximum absolute atomic E-state index is 11.2. The lowest BCUT2D eigenvalue weighted by Gasteiger charge is -2.20. The smallest absolute Gasteiger partial charge is 0.339 e. The van der Waals surface area contributed by atoms with Crippen molar-refractivity contribution in [1.82, 2.24) is 4.90 Å². The van der Waals surface area contributed by atoms with E-state index in [2.05, 4.69) is 4.90 Å². The Hall–Kier alpha value is -2.12. The number of carboxylic acids is 1. The van der Waals surface area contributed by atoms with E-state index >= 15 is 0 Å². The normalized spacial score (nSPS) is 18.3. The Bertz CT molecular complexity index is 519. The van der Waals surface area contributed by atoms with Gasteiger partial charge in [-0.05, 0) is 43.5 Å². The molecule has 23 heavy (non-hydrogen) atoms. The maximum atomic E-state index is 11.2. The summed E-state index contributed by atoms with van der Waals surface area (Å²) in [7, 11) is 1.47. The topological polar surface area (TPSA) is 107 Å². The molecule has 0 radical (unpaired) electrons. The predicted octanol–water partition coefficient (Wildman–Crippen LogP) is 1.44. The first kappa shape index (κ1) is 18.9. The minimum atomic E-state index is -0.977. The van der Waals surface area contributed by atoms with E-state index in [1.54, 1.807) is 12.1 Å². The fourth-order valence-electron chi connectivity index (χ4n) is 2.58. The number of aromatic carboxylic acids is 1. The van der Waals surface area contributed by atoms with E-state index in [4.69, 9.17) is 14.6 Å².